The second-order valence-corrected chi connectivity index (χ2v) is 7.70. The number of hydrogen-bond donors (Lipinski definition) is 1. The molecule has 3 heterocycles. The number of benzene rings is 2. The summed E-state index contributed by atoms with van der Waals surface area (Å²) in [5.41, 5.74) is 9.27. The van der Waals surface area contributed by atoms with Gasteiger partial charge in [0, 0.05) is 42.5 Å². The maximum Gasteiger partial charge on any atom is 0.142 e. The van der Waals surface area contributed by atoms with Gasteiger partial charge in [-0.3, -0.25) is 9.88 Å². The van der Waals surface area contributed by atoms with Crippen molar-refractivity contribution in [2.24, 2.45) is 0 Å². The number of fused-ring (bicyclic) bond motifs is 2. The first-order valence-electron chi connectivity index (χ1n) is 9.58. The fraction of sp³-hybridized carbons (Fsp3) is 0.182. The number of hydrogen-bond acceptors (Lipinski definition) is 5. The topological polar surface area (TPSA) is 69.2 Å². The lowest BCUT2D eigenvalue weighted by Crippen LogP contribution is -2.25. The zero-order valence-corrected chi connectivity index (χ0v) is 16.8. The van der Waals surface area contributed by atoms with E-state index in [-0.39, 0.29) is 5.82 Å². The minimum Gasteiger partial charge on any atom is -0.490 e. The fourth-order valence-corrected chi connectivity index (χ4v) is 4.09. The molecule has 2 aromatic heterocycles. The van der Waals surface area contributed by atoms with E-state index in [2.05, 4.69) is 20.9 Å². The first-order valence-corrected chi connectivity index (χ1v) is 9.95. The number of rotatable bonds is 3. The lowest BCUT2D eigenvalue weighted by Gasteiger charge is -2.19. The largest absolute Gasteiger partial charge is 0.490 e. The zero-order chi connectivity index (χ0) is 20.7. The molecule has 0 bridgehead atoms. The predicted molar refractivity (Wildman–Crippen MR) is 114 cm³/mol. The van der Waals surface area contributed by atoms with E-state index >= 15 is 0 Å². The molecule has 4 aromatic rings. The van der Waals surface area contributed by atoms with Gasteiger partial charge < -0.3 is 15.0 Å². The van der Waals surface area contributed by atoms with Crippen molar-refractivity contribution in [2.75, 3.05) is 18.9 Å². The van der Waals surface area contributed by atoms with Crippen LogP contribution in [0, 0.1) is 5.82 Å². The summed E-state index contributed by atoms with van der Waals surface area (Å²) in [5, 5.41) is 1.39. The van der Waals surface area contributed by atoms with Crippen molar-refractivity contribution in [1.29, 1.82) is 0 Å². The van der Waals surface area contributed by atoms with Crippen LogP contribution in [-0.4, -0.2) is 32.6 Å². The molecule has 0 aliphatic carbocycles. The van der Waals surface area contributed by atoms with Crippen LogP contribution in [0.15, 0.2) is 55.0 Å². The van der Waals surface area contributed by atoms with Crippen LogP contribution >= 0.6 is 11.6 Å². The SMILES string of the molecule is Nc1cnc(CN2CCOc3c(Cl)cc(-n4ccc5cc(F)ccc54)cc3C2)cn1. The number of nitrogen functional groups attached to an aromatic ring is 1. The lowest BCUT2D eigenvalue weighted by atomic mass is 10.1. The van der Waals surface area contributed by atoms with Gasteiger partial charge in [-0.25, -0.2) is 9.37 Å². The van der Waals surface area contributed by atoms with E-state index in [0.29, 0.717) is 36.3 Å². The highest BCUT2D eigenvalue weighted by atomic mass is 35.5. The van der Waals surface area contributed by atoms with Crippen molar-refractivity contribution in [2.45, 2.75) is 13.1 Å². The van der Waals surface area contributed by atoms with Gasteiger partial charge in [0.05, 0.1) is 28.6 Å². The summed E-state index contributed by atoms with van der Waals surface area (Å²) >= 11 is 6.59. The van der Waals surface area contributed by atoms with E-state index in [0.717, 1.165) is 34.4 Å². The Morgan fingerprint density at radius 1 is 1.13 bits per heavy atom. The van der Waals surface area contributed by atoms with E-state index in [9.17, 15) is 4.39 Å². The van der Waals surface area contributed by atoms with Gasteiger partial charge in [0.15, 0.2) is 0 Å². The van der Waals surface area contributed by atoms with Gasteiger partial charge in [0.1, 0.15) is 24.0 Å². The Morgan fingerprint density at radius 2 is 2.03 bits per heavy atom. The van der Waals surface area contributed by atoms with Gasteiger partial charge in [-0.15, -0.1) is 0 Å². The molecular weight excluding hydrogens is 405 g/mol. The van der Waals surface area contributed by atoms with Crippen molar-refractivity contribution in [1.82, 2.24) is 19.4 Å². The second kappa shape index (κ2) is 7.59. The molecule has 0 saturated heterocycles. The van der Waals surface area contributed by atoms with Gasteiger partial charge in [-0.1, -0.05) is 11.6 Å². The highest BCUT2D eigenvalue weighted by Crippen LogP contribution is 2.35. The monoisotopic (exact) mass is 423 g/mol. The van der Waals surface area contributed by atoms with Crippen molar-refractivity contribution in [3.8, 4) is 11.4 Å². The Morgan fingerprint density at radius 3 is 2.87 bits per heavy atom. The Labute approximate surface area is 177 Å². The molecule has 2 aromatic carbocycles. The van der Waals surface area contributed by atoms with Crippen LogP contribution in [0.5, 0.6) is 5.75 Å². The predicted octanol–water partition coefficient (Wildman–Crippen LogP) is 4.19. The quantitative estimate of drug-likeness (QED) is 0.535. The summed E-state index contributed by atoms with van der Waals surface area (Å²) in [4.78, 5) is 10.7. The number of aromatic nitrogens is 3. The van der Waals surface area contributed by atoms with Crippen LogP contribution in [0.2, 0.25) is 5.02 Å². The average Bonchev–Trinajstić information content (AvgIpc) is 3.02. The standard InChI is InChI=1S/C22H19ClFN5O/c23-19-9-18(29-4-3-14-7-16(24)1-2-20(14)29)8-15-12-28(5-6-30-22(15)19)13-17-10-27-21(25)11-26-17/h1-4,7-11H,5-6,12-13H2,(H2,25,27). The first-order chi connectivity index (χ1) is 14.6. The molecule has 6 nitrogen and oxygen atoms in total. The molecule has 1 aliphatic rings. The molecule has 0 fully saturated rings. The van der Waals surface area contributed by atoms with Crippen molar-refractivity contribution in [3.05, 3.63) is 77.1 Å². The molecule has 0 atom stereocenters. The van der Waals surface area contributed by atoms with Gasteiger partial charge in [0.2, 0.25) is 0 Å². The van der Waals surface area contributed by atoms with Crippen LogP contribution in [0.4, 0.5) is 10.2 Å². The minimum absolute atomic E-state index is 0.255. The van der Waals surface area contributed by atoms with Crippen molar-refractivity contribution >= 4 is 28.3 Å². The summed E-state index contributed by atoms with van der Waals surface area (Å²) < 4.78 is 21.5. The molecular formula is C22H19ClFN5O. The van der Waals surface area contributed by atoms with E-state index in [1.165, 1.54) is 12.1 Å². The number of nitrogens with zero attached hydrogens (tertiary/aromatic N) is 4. The second-order valence-electron chi connectivity index (χ2n) is 7.30. The Hall–Kier alpha value is -3.16. The Kier molecular flexibility index (Phi) is 4.77. The molecule has 30 heavy (non-hydrogen) atoms. The summed E-state index contributed by atoms with van der Waals surface area (Å²) in [6.07, 6.45) is 5.17. The fourth-order valence-electron chi connectivity index (χ4n) is 3.80. The zero-order valence-electron chi connectivity index (χ0n) is 16.1. The van der Waals surface area contributed by atoms with E-state index < -0.39 is 0 Å². The maximum atomic E-state index is 13.6. The summed E-state index contributed by atoms with van der Waals surface area (Å²) in [6, 6.07) is 10.6. The van der Waals surface area contributed by atoms with Crippen LogP contribution in [-0.2, 0) is 13.1 Å². The highest BCUT2D eigenvalue weighted by Gasteiger charge is 2.20. The molecule has 0 unspecified atom stereocenters. The molecule has 1 aliphatic heterocycles. The summed E-state index contributed by atoms with van der Waals surface area (Å²) in [7, 11) is 0. The van der Waals surface area contributed by atoms with Gasteiger partial charge in [-0.2, -0.15) is 0 Å². The Balaban J connectivity index is 1.49. The third kappa shape index (κ3) is 3.58. The normalized spacial score (nSPS) is 14.3. The van der Waals surface area contributed by atoms with Crippen LogP contribution in [0.3, 0.4) is 0 Å². The van der Waals surface area contributed by atoms with E-state index in [4.69, 9.17) is 22.1 Å². The molecule has 0 saturated carbocycles. The summed E-state index contributed by atoms with van der Waals surface area (Å²) in [6.45, 7) is 2.55. The van der Waals surface area contributed by atoms with Crippen LogP contribution in [0.1, 0.15) is 11.3 Å². The molecule has 5 rings (SSSR count). The number of anilines is 1. The van der Waals surface area contributed by atoms with E-state index in [1.54, 1.807) is 18.5 Å². The molecule has 0 spiro atoms. The minimum atomic E-state index is -0.255. The smallest absolute Gasteiger partial charge is 0.142 e. The highest BCUT2D eigenvalue weighted by molar-refractivity contribution is 6.32. The third-order valence-electron chi connectivity index (χ3n) is 5.19. The molecule has 8 heteroatoms. The van der Waals surface area contributed by atoms with Crippen LogP contribution in [0.25, 0.3) is 16.6 Å². The van der Waals surface area contributed by atoms with Gasteiger partial charge in [-0.05, 0) is 36.4 Å². The molecule has 0 amide bonds. The molecule has 2 N–H and O–H groups in total. The Bertz CT molecular complexity index is 1220. The average molecular weight is 424 g/mol. The lowest BCUT2D eigenvalue weighted by molar-refractivity contribution is 0.217. The molecule has 152 valence electrons. The summed E-state index contributed by atoms with van der Waals surface area (Å²) in [5.74, 6) is 0.849. The maximum absolute atomic E-state index is 13.6. The third-order valence-corrected chi connectivity index (χ3v) is 5.48. The van der Waals surface area contributed by atoms with Gasteiger partial charge in [0.25, 0.3) is 0 Å². The molecule has 0 radical (unpaired) electrons. The van der Waals surface area contributed by atoms with Crippen molar-refractivity contribution in [3.63, 3.8) is 0 Å². The number of halogens is 2. The first kappa shape index (κ1) is 18.8. The van der Waals surface area contributed by atoms with Crippen molar-refractivity contribution < 1.29 is 9.13 Å². The number of ether oxygens (including phenoxy) is 1. The number of nitrogens with two attached hydrogens (primary N) is 1. The van der Waals surface area contributed by atoms with Crippen LogP contribution < -0.4 is 10.5 Å². The van der Waals surface area contributed by atoms with Gasteiger partial charge >= 0.3 is 0 Å². The van der Waals surface area contributed by atoms with E-state index in [1.807, 2.05) is 22.9 Å².